The summed E-state index contributed by atoms with van der Waals surface area (Å²) in [6.45, 7) is 7.74. The summed E-state index contributed by atoms with van der Waals surface area (Å²) >= 11 is 6.42. The molecule has 3 heterocycles. The summed E-state index contributed by atoms with van der Waals surface area (Å²) in [5.74, 6) is 0.955. The van der Waals surface area contributed by atoms with Gasteiger partial charge in [0.05, 0.1) is 23.4 Å². The van der Waals surface area contributed by atoms with E-state index >= 15 is 0 Å². The zero-order chi connectivity index (χ0) is 16.1. The minimum atomic E-state index is 0.178. The number of aromatic nitrogens is 3. The van der Waals surface area contributed by atoms with Gasteiger partial charge in [0, 0.05) is 18.5 Å². The van der Waals surface area contributed by atoms with Crippen molar-refractivity contribution in [3.63, 3.8) is 0 Å². The van der Waals surface area contributed by atoms with Crippen molar-refractivity contribution in [2.24, 2.45) is 0 Å². The topological polar surface area (TPSA) is 42.7 Å². The van der Waals surface area contributed by atoms with Gasteiger partial charge in [-0.05, 0) is 32.9 Å². The Morgan fingerprint density at radius 2 is 1.87 bits per heavy atom. The first-order chi connectivity index (χ1) is 11.0. The Kier molecular flexibility index (Phi) is 3.43. The summed E-state index contributed by atoms with van der Waals surface area (Å²) in [6, 6.07) is 8.20. The van der Waals surface area contributed by atoms with Crippen molar-refractivity contribution < 1.29 is 4.74 Å². The van der Waals surface area contributed by atoms with Gasteiger partial charge in [0.2, 0.25) is 0 Å². The number of ether oxygens (including phenoxy) is 1. The van der Waals surface area contributed by atoms with Gasteiger partial charge >= 0.3 is 0 Å². The number of benzene rings is 1. The molecule has 1 aromatic carbocycles. The normalized spacial score (nSPS) is 22.2. The molecule has 2 aromatic heterocycles. The quantitative estimate of drug-likeness (QED) is 0.685. The molecule has 1 saturated heterocycles. The molecule has 1 fully saturated rings. The molecule has 3 aromatic rings. The molecule has 5 nitrogen and oxygen atoms in total. The van der Waals surface area contributed by atoms with E-state index in [1.54, 1.807) is 0 Å². The number of halogens is 1. The van der Waals surface area contributed by atoms with Gasteiger partial charge in [0.15, 0.2) is 5.65 Å². The molecule has 0 radical (unpaired) electrons. The van der Waals surface area contributed by atoms with E-state index < -0.39 is 0 Å². The first-order valence-corrected chi connectivity index (χ1v) is 8.26. The monoisotopic (exact) mass is 330 g/mol. The first-order valence-electron chi connectivity index (χ1n) is 7.88. The maximum atomic E-state index is 6.42. The lowest BCUT2D eigenvalue weighted by molar-refractivity contribution is -0.00535. The highest BCUT2D eigenvalue weighted by Crippen LogP contribution is 2.31. The number of morpholine rings is 1. The predicted octanol–water partition coefficient (Wildman–Crippen LogP) is 3.46. The molecular formula is C17H19ClN4O. The van der Waals surface area contributed by atoms with Gasteiger partial charge in [0.25, 0.3) is 0 Å². The highest BCUT2D eigenvalue weighted by molar-refractivity contribution is 6.34. The van der Waals surface area contributed by atoms with E-state index in [1.165, 1.54) is 0 Å². The van der Waals surface area contributed by atoms with Crippen LogP contribution < -0.4 is 4.90 Å². The number of rotatable bonds is 1. The third kappa shape index (κ3) is 2.35. The van der Waals surface area contributed by atoms with E-state index in [0.717, 1.165) is 35.5 Å². The van der Waals surface area contributed by atoms with Gasteiger partial charge in [0.1, 0.15) is 10.8 Å². The molecule has 0 bridgehead atoms. The van der Waals surface area contributed by atoms with Crippen LogP contribution in [0, 0.1) is 6.92 Å². The largest absolute Gasteiger partial charge is 0.372 e. The highest BCUT2D eigenvalue weighted by atomic mass is 35.5. The molecule has 1 aliphatic rings. The average Bonchev–Trinajstić information content (AvgIpc) is 2.81. The Balaban J connectivity index is 1.99. The lowest BCUT2D eigenvalue weighted by Crippen LogP contribution is -2.46. The van der Waals surface area contributed by atoms with E-state index in [4.69, 9.17) is 21.3 Å². The molecule has 23 heavy (non-hydrogen) atoms. The lowest BCUT2D eigenvalue weighted by atomic mass is 10.2. The molecule has 2 atom stereocenters. The fraction of sp³-hybridized carbons (Fsp3) is 0.412. The van der Waals surface area contributed by atoms with E-state index in [2.05, 4.69) is 36.0 Å². The molecule has 0 amide bonds. The molecule has 4 rings (SSSR count). The summed E-state index contributed by atoms with van der Waals surface area (Å²) in [4.78, 5) is 7.15. The maximum Gasteiger partial charge on any atom is 0.176 e. The van der Waals surface area contributed by atoms with Crippen LogP contribution in [0.5, 0.6) is 0 Å². The van der Waals surface area contributed by atoms with E-state index in [1.807, 2.05) is 23.6 Å². The Hall–Kier alpha value is -1.85. The zero-order valence-corrected chi connectivity index (χ0v) is 14.2. The van der Waals surface area contributed by atoms with Crippen LogP contribution >= 0.6 is 11.6 Å². The molecule has 6 heteroatoms. The fourth-order valence-corrected chi connectivity index (χ4v) is 3.52. The van der Waals surface area contributed by atoms with Gasteiger partial charge in [-0.2, -0.15) is 5.10 Å². The predicted molar refractivity (Wildman–Crippen MR) is 92.5 cm³/mol. The fourth-order valence-electron chi connectivity index (χ4n) is 3.36. The van der Waals surface area contributed by atoms with Crippen LogP contribution in [0.15, 0.2) is 24.3 Å². The third-order valence-electron chi connectivity index (χ3n) is 4.27. The Morgan fingerprint density at radius 1 is 1.17 bits per heavy atom. The van der Waals surface area contributed by atoms with Crippen molar-refractivity contribution in [1.29, 1.82) is 0 Å². The van der Waals surface area contributed by atoms with Crippen molar-refractivity contribution >= 4 is 34.0 Å². The molecule has 120 valence electrons. The summed E-state index contributed by atoms with van der Waals surface area (Å²) in [7, 11) is 0. The van der Waals surface area contributed by atoms with Crippen LogP contribution in [0.3, 0.4) is 0 Å². The van der Waals surface area contributed by atoms with Crippen molar-refractivity contribution in [3.05, 3.63) is 35.0 Å². The molecule has 1 aliphatic heterocycles. The summed E-state index contributed by atoms with van der Waals surface area (Å²) in [6.07, 6.45) is 0.357. The van der Waals surface area contributed by atoms with Crippen LogP contribution in [0.1, 0.15) is 19.5 Å². The van der Waals surface area contributed by atoms with Crippen LogP contribution in [-0.4, -0.2) is 39.9 Å². The number of hydrogen-bond acceptors (Lipinski definition) is 4. The van der Waals surface area contributed by atoms with Gasteiger partial charge in [-0.15, -0.1) is 0 Å². The number of hydrogen-bond donors (Lipinski definition) is 0. The average molecular weight is 331 g/mol. The Morgan fingerprint density at radius 3 is 2.61 bits per heavy atom. The van der Waals surface area contributed by atoms with Crippen molar-refractivity contribution in [2.75, 3.05) is 18.0 Å². The minimum absolute atomic E-state index is 0.178. The van der Waals surface area contributed by atoms with Gasteiger partial charge < -0.3 is 9.64 Å². The van der Waals surface area contributed by atoms with E-state index in [9.17, 15) is 0 Å². The molecule has 0 spiro atoms. The van der Waals surface area contributed by atoms with E-state index in [0.29, 0.717) is 10.7 Å². The number of anilines is 1. The van der Waals surface area contributed by atoms with Gasteiger partial charge in [-0.3, -0.25) is 0 Å². The number of fused-ring (bicyclic) bond motifs is 3. The van der Waals surface area contributed by atoms with Crippen molar-refractivity contribution in [2.45, 2.75) is 33.0 Å². The standard InChI is InChI=1S/C17H19ClN4O/c1-10-8-21(9-11(2)23-10)16-13-6-4-5-7-14(13)22-17(19-16)15(18)12(3)20-22/h4-7,10-11H,8-9H2,1-3H3/t10-,11-/m1/s1. The van der Waals surface area contributed by atoms with Gasteiger partial charge in [-0.1, -0.05) is 23.7 Å². The molecule has 0 N–H and O–H groups in total. The van der Waals surface area contributed by atoms with Crippen molar-refractivity contribution in [1.82, 2.24) is 14.6 Å². The second kappa shape index (κ2) is 5.35. The molecule has 0 aliphatic carbocycles. The summed E-state index contributed by atoms with van der Waals surface area (Å²) < 4.78 is 7.69. The molecular weight excluding hydrogens is 312 g/mol. The van der Waals surface area contributed by atoms with Crippen LogP contribution in [0.4, 0.5) is 5.82 Å². The first kappa shape index (κ1) is 14.7. The third-order valence-corrected chi connectivity index (χ3v) is 4.71. The second-order valence-electron chi connectivity index (χ2n) is 6.25. The SMILES string of the molecule is Cc1nn2c(nc(N3C[C@@H](C)O[C@H](C)C3)c3ccccc32)c1Cl. The Labute approximate surface area is 139 Å². The van der Waals surface area contributed by atoms with E-state index in [-0.39, 0.29) is 12.2 Å². The Bertz CT molecular complexity index is 881. The lowest BCUT2D eigenvalue weighted by Gasteiger charge is -2.36. The smallest absolute Gasteiger partial charge is 0.176 e. The van der Waals surface area contributed by atoms with Crippen LogP contribution in [-0.2, 0) is 4.74 Å². The number of nitrogens with zero attached hydrogens (tertiary/aromatic N) is 4. The second-order valence-corrected chi connectivity index (χ2v) is 6.63. The van der Waals surface area contributed by atoms with Crippen LogP contribution in [0.2, 0.25) is 5.02 Å². The van der Waals surface area contributed by atoms with Gasteiger partial charge in [-0.25, -0.2) is 9.50 Å². The molecule has 0 unspecified atom stereocenters. The minimum Gasteiger partial charge on any atom is -0.372 e. The highest BCUT2D eigenvalue weighted by Gasteiger charge is 2.26. The number of aryl methyl sites for hydroxylation is 1. The molecule has 0 saturated carbocycles. The zero-order valence-electron chi connectivity index (χ0n) is 13.5. The van der Waals surface area contributed by atoms with Crippen LogP contribution in [0.25, 0.3) is 16.6 Å². The summed E-state index contributed by atoms with van der Waals surface area (Å²) in [5, 5.41) is 6.24. The van der Waals surface area contributed by atoms with Crippen molar-refractivity contribution in [3.8, 4) is 0 Å². The maximum absolute atomic E-state index is 6.42. The number of para-hydroxylation sites is 1. The summed E-state index contributed by atoms with van der Waals surface area (Å²) in [5.41, 5.74) is 2.53.